The molecule has 0 aromatic carbocycles. The highest BCUT2D eigenvalue weighted by molar-refractivity contribution is 7.50. The first-order chi connectivity index (χ1) is 11.0. The summed E-state index contributed by atoms with van der Waals surface area (Å²) in [4.78, 5) is 32.6. The van der Waals surface area contributed by atoms with Gasteiger partial charge in [-0.05, 0) is 66.2 Å². The Morgan fingerprint density at radius 3 is 1.83 bits per heavy atom. The molecule has 6 heteroatoms. The third-order valence-electron chi connectivity index (χ3n) is 3.72. The van der Waals surface area contributed by atoms with Crippen molar-refractivity contribution < 1.29 is 24.3 Å². The Balaban J connectivity index is 4.26. The highest BCUT2D eigenvalue weighted by Gasteiger charge is 2.20. The zero-order valence-corrected chi connectivity index (χ0v) is 16.0. The van der Waals surface area contributed by atoms with E-state index in [0.29, 0.717) is 0 Å². The predicted octanol–water partition coefficient (Wildman–Crippen LogP) is 3.55. The zero-order valence-electron chi connectivity index (χ0n) is 15.1. The van der Waals surface area contributed by atoms with Gasteiger partial charge in [-0.15, -0.1) is 0 Å². The molecule has 138 valence electrons. The normalized spacial score (nSPS) is 14.4. The number of rotatable bonds is 11. The van der Waals surface area contributed by atoms with Gasteiger partial charge in [0.25, 0.3) is 0 Å². The number of hydrogen-bond donors (Lipinski definition) is 1. The molecule has 0 saturated heterocycles. The van der Waals surface area contributed by atoms with Crippen LogP contribution in [0.15, 0.2) is 34.9 Å². The molecule has 0 aromatic rings. The minimum Gasteiger partial charge on any atom is -0.810 e. The van der Waals surface area contributed by atoms with Crippen LogP contribution in [-0.4, -0.2) is 16.7 Å². The largest absolute Gasteiger partial charge is 0.810 e. The van der Waals surface area contributed by atoms with Crippen molar-refractivity contribution in [1.29, 1.82) is 0 Å². The van der Waals surface area contributed by atoms with Gasteiger partial charge in [0.15, 0.2) is 0 Å². The molecule has 24 heavy (non-hydrogen) atoms. The number of hydrogen-bond acceptors (Lipinski definition) is 4. The van der Waals surface area contributed by atoms with Gasteiger partial charge in [0.1, 0.15) is 0 Å². The fourth-order valence-electron chi connectivity index (χ4n) is 2.24. The van der Waals surface area contributed by atoms with Crippen LogP contribution in [0.3, 0.4) is 0 Å². The van der Waals surface area contributed by atoms with Crippen LogP contribution in [-0.2, 0) is 9.36 Å². The molecule has 5 nitrogen and oxygen atoms in total. The van der Waals surface area contributed by atoms with Crippen LogP contribution >= 0.6 is 7.60 Å². The van der Waals surface area contributed by atoms with E-state index in [9.17, 15) is 19.1 Å². The fourth-order valence-corrected chi connectivity index (χ4v) is 2.98. The quantitative estimate of drug-likeness (QED) is 0.451. The summed E-state index contributed by atoms with van der Waals surface area (Å²) in [7, 11) is -5.09. The molecule has 0 radical (unpaired) electrons. The Morgan fingerprint density at radius 2 is 1.42 bits per heavy atom. The van der Waals surface area contributed by atoms with E-state index in [1.807, 2.05) is 13.0 Å². The van der Waals surface area contributed by atoms with Crippen molar-refractivity contribution >= 4 is 13.6 Å². The monoisotopic (exact) mass is 356 g/mol. The predicted molar refractivity (Wildman–Crippen MR) is 93.7 cm³/mol. The van der Waals surface area contributed by atoms with Crippen molar-refractivity contribution in [1.82, 2.24) is 0 Å². The van der Waals surface area contributed by atoms with E-state index >= 15 is 0 Å². The maximum atomic E-state index is 10.9. The summed E-state index contributed by atoms with van der Waals surface area (Å²) in [6.07, 6.45) is 10.1. The molecule has 1 N–H and O–H groups in total. The van der Waals surface area contributed by atoms with Gasteiger partial charge in [-0.3, -0.25) is 4.79 Å². The molecular formula is C18H29O5P-2. The lowest BCUT2D eigenvalue weighted by molar-refractivity contribution is -0.316. The smallest absolute Gasteiger partial charge is 0.311 e. The summed E-state index contributed by atoms with van der Waals surface area (Å²) in [6.45, 7) is 8.20. The standard InChI is InChI=1S/C18H31O5P/c1-14(2)8-5-9-15(3)10-6-11-16(4)12-7-13-17(18(19)20)24(21,22)23/h8,10,12,17H,5-7,9,11,13H2,1-4H3,(H,19,20)(H2,21,22,23)/p-2/b15-10+,16-12+. The van der Waals surface area contributed by atoms with E-state index in [1.165, 1.54) is 11.1 Å². The topological polar surface area (TPSA) is 100 Å². The maximum absolute atomic E-state index is 10.9. The van der Waals surface area contributed by atoms with Crippen LogP contribution in [0.1, 0.15) is 66.2 Å². The second-order valence-corrected chi connectivity index (χ2v) is 8.13. The number of allylic oxidation sites excluding steroid dienone is 6. The molecule has 1 unspecified atom stereocenters. The molecule has 0 bridgehead atoms. The number of carbonyl (C=O) groups is 1. The lowest BCUT2D eigenvalue weighted by atomic mass is 10.1. The van der Waals surface area contributed by atoms with Gasteiger partial charge in [-0.1, -0.05) is 42.5 Å². The summed E-state index contributed by atoms with van der Waals surface area (Å²) < 4.78 is 10.9. The van der Waals surface area contributed by atoms with Crippen LogP contribution in [0.5, 0.6) is 0 Å². The lowest BCUT2D eigenvalue weighted by Gasteiger charge is -2.35. The molecule has 0 heterocycles. The van der Waals surface area contributed by atoms with Gasteiger partial charge in [-0.25, -0.2) is 0 Å². The van der Waals surface area contributed by atoms with Crippen molar-refractivity contribution in [3.8, 4) is 0 Å². The van der Waals surface area contributed by atoms with E-state index < -0.39 is 19.2 Å². The Hall–Kier alpha value is -1.16. The first kappa shape index (κ1) is 22.8. The average molecular weight is 356 g/mol. The van der Waals surface area contributed by atoms with Crippen molar-refractivity contribution in [2.45, 2.75) is 71.9 Å². The molecule has 0 amide bonds. The van der Waals surface area contributed by atoms with E-state index in [0.717, 1.165) is 31.3 Å². The minimum atomic E-state index is -5.09. The zero-order chi connectivity index (χ0) is 18.8. The molecule has 0 spiro atoms. The van der Waals surface area contributed by atoms with Crippen molar-refractivity contribution in [3.05, 3.63) is 34.9 Å². The maximum Gasteiger partial charge on any atom is 0.311 e. The van der Waals surface area contributed by atoms with E-state index in [2.05, 4.69) is 32.9 Å². The molecular weight excluding hydrogens is 327 g/mol. The van der Waals surface area contributed by atoms with Crippen molar-refractivity contribution in [2.24, 2.45) is 0 Å². The Labute approximate surface area is 145 Å². The van der Waals surface area contributed by atoms with Crippen LogP contribution in [0.25, 0.3) is 0 Å². The summed E-state index contributed by atoms with van der Waals surface area (Å²) >= 11 is 0. The van der Waals surface area contributed by atoms with Gasteiger partial charge in [0.2, 0.25) is 0 Å². The first-order valence-electron chi connectivity index (χ1n) is 8.23. The summed E-state index contributed by atoms with van der Waals surface area (Å²) in [6, 6.07) is 0. The molecule has 0 fully saturated rings. The number of aliphatic carboxylic acids is 1. The Kier molecular flexibility index (Phi) is 10.9. The highest BCUT2D eigenvalue weighted by atomic mass is 31.2. The van der Waals surface area contributed by atoms with Crippen molar-refractivity contribution in [3.63, 3.8) is 0 Å². The van der Waals surface area contributed by atoms with Gasteiger partial charge in [-0.2, -0.15) is 0 Å². The van der Waals surface area contributed by atoms with Crippen molar-refractivity contribution in [2.75, 3.05) is 0 Å². The van der Waals surface area contributed by atoms with Crippen LogP contribution in [0.2, 0.25) is 0 Å². The molecule has 0 aliphatic carbocycles. The minimum absolute atomic E-state index is 0.172. The van der Waals surface area contributed by atoms with Gasteiger partial charge >= 0.3 is 5.97 Å². The molecule has 0 rings (SSSR count). The molecule has 1 atom stereocenters. The highest BCUT2D eigenvalue weighted by Crippen LogP contribution is 2.34. The summed E-state index contributed by atoms with van der Waals surface area (Å²) in [5.41, 5.74) is 1.89. The molecule has 0 aliphatic rings. The van der Waals surface area contributed by atoms with Gasteiger partial charge < -0.3 is 19.5 Å². The van der Waals surface area contributed by atoms with E-state index in [4.69, 9.17) is 5.11 Å². The number of carboxylic acids is 1. The van der Waals surface area contributed by atoms with Crippen LogP contribution in [0.4, 0.5) is 0 Å². The van der Waals surface area contributed by atoms with E-state index in [1.54, 1.807) is 0 Å². The fraction of sp³-hybridized carbons (Fsp3) is 0.611. The molecule has 0 saturated carbocycles. The third-order valence-corrected chi connectivity index (χ3v) is 4.96. The second kappa shape index (κ2) is 11.4. The summed E-state index contributed by atoms with van der Waals surface area (Å²) in [5, 5.41) is 8.78. The first-order valence-corrected chi connectivity index (χ1v) is 9.84. The average Bonchev–Trinajstić information content (AvgIpc) is 2.41. The molecule has 0 aliphatic heterocycles. The lowest BCUT2D eigenvalue weighted by Crippen LogP contribution is -2.32. The van der Waals surface area contributed by atoms with Gasteiger partial charge in [0, 0.05) is 0 Å². The third kappa shape index (κ3) is 11.4. The second-order valence-electron chi connectivity index (χ2n) is 6.43. The van der Waals surface area contributed by atoms with Crippen LogP contribution in [0, 0.1) is 0 Å². The molecule has 0 aromatic heterocycles. The number of carboxylic acid groups (broad SMARTS) is 1. The van der Waals surface area contributed by atoms with E-state index in [-0.39, 0.29) is 12.8 Å². The SMILES string of the molecule is CC(C)=CCC/C(C)=C/CC/C(C)=C/CCC(C(=O)O)P(=O)([O-])[O-]. The van der Waals surface area contributed by atoms with Crippen LogP contribution < -0.4 is 9.79 Å². The Bertz CT molecular complexity index is 536. The summed E-state index contributed by atoms with van der Waals surface area (Å²) in [5.74, 6) is -1.57. The van der Waals surface area contributed by atoms with Gasteiger partial charge in [0.05, 0.1) is 5.66 Å². The Morgan fingerprint density at radius 1 is 0.958 bits per heavy atom.